The monoisotopic (exact) mass is 420 g/mol. The van der Waals surface area contributed by atoms with Crippen LogP contribution in [-0.2, 0) is 17.9 Å². The normalized spacial score (nSPS) is 10.8. The quantitative estimate of drug-likeness (QED) is 0.437. The van der Waals surface area contributed by atoms with Gasteiger partial charge in [-0.05, 0) is 24.6 Å². The number of aromatic nitrogens is 5. The van der Waals surface area contributed by atoms with E-state index in [1.165, 1.54) is 17.3 Å². The Balaban J connectivity index is 1.44. The van der Waals surface area contributed by atoms with E-state index < -0.39 is 0 Å². The molecule has 0 unspecified atom stereocenters. The lowest BCUT2D eigenvalue weighted by atomic mass is 10.1. The molecule has 9 heteroatoms. The summed E-state index contributed by atoms with van der Waals surface area (Å²) in [6, 6.07) is 11.8. The predicted molar refractivity (Wildman–Crippen MR) is 113 cm³/mol. The van der Waals surface area contributed by atoms with Crippen molar-refractivity contribution in [2.45, 2.75) is 25.2 Å². The highest BCUT2D eigenvalue weighted by molar-refractivity contribution is 7.99. The van der Waals surface area contributed by atoms with Crippen molar-refractivity contribution in [2.75, 3.05) is 5.75 Å². The van der Waals surface area contributed by atoms with E-state index in [1.807, 2.05) is 47.9 Å². The summed E-state index contributed by atoms with van der Waals surface area (Å²) in [5.74, 6) is 1.48. The molecule has 0 saturated carbocycles. The second-order valence-corrected chi connectivity index (χ2v) is 7.56. The predicted octanol–water partition coefficient (Wildman–Crippen LogP) is 3.09. The van der Waals surface area contributed by atoms with Crippen molar-refractivity contribution >= 4 is 17.7 Å². The van der Waals surface area contributed by atoms with Crippen LogP contribution in [-0.4, -0.2) is 36.4 Å². The Kier molecular flexibility index (Phi) is 6.19. The number of thioether (sulfide) groups is 1. The van der Waals surface area contributed by atoms with Crippen molar-refractivity contribution in [3.8, 4) is 11.5 Å². The van der Waals surface area contributed by atoms with Crippen LogP contribution < -0.4 is 5.32 Å². The molecule has 1 N–H and O–H groups in total. The Morgan fingerprint density at radius 3 is 2.77 bits per heavy atom. The van der Waals surface area contributed by atoms with Crippen molar-refractivity contribution in [1.29, 1.82) is 0 Å². The first-order valence-corrected chi connectivity index (χ1v) is 10.3. The number of nitrogens with zero attached hydrogens (tertiary/aromatic N) is 5. The van der Waals surface area contributed by atoms with E-state index in [0.717, 1.165) is 11.3 Å². The summed E-state index contributed by atoms with van der Waals surface area (Å²) in [4.78, 5) is 20.7. The molecule has 1 amide bonds. The van der Waals surface area contributed by atoms with Gasteiger partial charge in [0.1, 0.15) is 11.5 Å². The number of benzene rings is 1. The van der Waals surface area contributed by atoms with E-state index in [-0.39, 0.29) is 11.7 Å². The third-order valence-electron chi connectivity index (χ3n) is 4.35. The zero-order valence-corrected chi connectivity index (χ0v) is 17.2. The first-order valence-electron chi connectivity index (χ1n) is 9.36. The Labute approximate surface area is 177 Å². The van der Waals surface area contributed by atoms with Gasteiger partial charge in [0.2, 0.25) is 5.91 Å². The summed E-state index contributed by atoms with van der Waals surface area (Å²) in [6.45, 7) is 2.95. The summed E-state index contributed by atoms with van der Waals surface area (Å²) < 4.78 is 7.35. The van der Waals surface area contributed by atoms with E-state index in [9.17, 15) is 4.79 Å². The maximum atomic E-state index is 12.3. The Bertz CT molecular complexity index is 1090. The van der Waals surface area contributed by atoms with Gasteiger partial charge in [-0.15, -0.1) is 10.2 Å². The van der Waals surface area contributed by atoms with Crippen LogP contribution in [0.5, 0.6) is 0 Å². The van der Waals surface area contributed by atoms with Crippen molar-refractivity contribution in [2.24, 2.45) is 0 Å². The second-order valence-electron chi connectivity index (χ2n) is 6.61. The smallest absolute Gasteiger partial charge is 0.230 e. The number of aryl methyl sites for hydroxylation is 1. The van der Waals surface area contributed by atoms with Gasteiger partial charge in [0.15, 0.2) is 11.0 Å². The third kappa shape index (κ3) is 4.93. The lowest BCUT2D eigenvalue weighted by molar-refractivity contribution is -0.118. The first-order chi connectivity index (χ1) is 14.7. The fourth-order valence-corrected chi connectivity index (χ4v) is 3.56. The van der Waals surface area contributed by atoms with Crippen molar-refractivity contribution in [3.63, 3.8) is 0 Å². The second kappa shape index (κ2) is 9.36. The number of rotatable bonds is 8. The summed E-state index contributed by atoms with van der Waals surface area (Å²) in [5, 5.41) is 12.1. The topological polar surface area (TPSA) is 98.7 Å². The number of hydrogen-bond acceptors (Lipinski definition) is 7. The standard InChI is InChI=1S/C21H20N6O2S/c1-15-4-6-16(7-5-15)11-24-19(28)14-30-21-26-25-20(18-12-22-8-9-23-18)27(21)13-17-3-2-10-29-17/h2-10,12H,11,13-14H2,1H3,(H,24,28). The van der Waals surface area contributed by atoms with Crippen LogP contribution in [0.2, 0.25) is 0 Å². The van der Waals surface area contributed by atoms with Gasteiger partial charge < -0.3 is 9.73 Å². The van der Waals surface area contributed by atoms with Crippen molar-refractivity contribution in [3.05, 3.63) is 78.1 Å². The van der Waals surface area contributed by atoms with Crippen LogP contribution >= 0.6 is 11.8 Å². The maximum Gasteiger partial charge on any atom is 0.230 e. The highest BCUT2D eigenvalue weighted by Gasteiger charge is 2.18. The zero-order chi connectivity index (χ0) is 20.8. The molecule has 0 bridgehead atoms. The van der Waals surface area contributed by atoms with Gasteiger partial charge in [-0.25, -0.2) is 4.98 Å². The molecule has 0 radical (unpaired) electrons. The van der Waals surface area contributed by atoms with Gasteiger partial charge in [0, 0.05) is 18.9 Å². The molecule has 0 atom stereocenters. The van der Waals surface area contributed by atoms with Crippen LogP contribution in [0.25, 0.3) is 11.5 Å². The highest BCUT2D eigenvalue weighted by atomic mass is 32.2. The van der Waals surface area contributed by atoms with Crippen LogP contribution in [0.3, 0.4) is 0 Å². The third-order valence-corrected chi connectivity index (χ3v) is 5.31. The van der Waals surface area contributed by atoms with Crippen LogP contribution in [0.4, 0.5) is 0 Å². The lowest BCUT2D eigenvalue weighted by Crippen LogP contribution is -2.24. The number of amides is 1. The van der Waals surface area contributed by atoms with Gasteiger partial charge in [0.05, 0.1) is 24.8 Å². The Morgan fingerprint density at radius 2 is 2.03 bits per heavy atom. The molecule has 3 aromatic heterocycles. The van der Waals surface area contributed by atoms with Gasteiger partial charge in [-0.2, -0.15) is 0 Å². The average molecular weight is 420 g/mol. The van der Waals surface area contributed by atoms with Crippen LogP contribution in [0.1, 0.15) is 16.9 Å². The van der Waals surface area contributed by atoms with E-state index >= 15 is 0 Å². The number of nitrogens with one attached hydrogen (secondary N) is 1. The molecule has 0 aliphatic carbocycles. The molecule has 0 fully saturated rings. The number of carbonyl (C=O) groups excluding carboxylic acids is 1. The molecule has 4 rings (SSSR count). The summed E-state index contributed by atoms with van der Waals surface area (Å²) in [7, 11) is 0. The molecule has 0 spiro atoms. The van der Waals surface area contributed by atoms with Crippen molar-refractivity contribution < 1.29 is 9.21 Å². The molecule has 8 nitrogen and oxygen atoms in total. The SMILES string of the molecule is Cc1ccc(CNC(=O)CSc2nnc(-c3cnccn3)n2Cc2ccco2)cc1. The van der Waals surface area contributed by atoms with E-state index in [1.54, 1.807) is 24.9 Å². The van der Waals surface area contributed by atoms with Gasteiger partial charge in [0.25, 0.3) is 0 Å². The van der Waals surface area contributed by atoms with E-state index in [0.29, 0.717) is 29.8 Å². The molecule has 0 aliphatic rings. The molecule has 1 aromatic carbocycles. The summed E-state index contributed by atoms with van der Waals surface area (Å²) in [6.07, 6.45) is 6.45. The average Bonchev–Trinajstić information content (AvgIpc) is 3.43. The molecule has 30 heavy (non-hydrogen) atoms. The summed E-state index contributed by atoms with van der Waals surface area (Å²) >= 11 is 1.32. The minimum atomic E-state index is -0.0748. The van der Waals surface area contributed by atoms with Crippen molar-refractivity contribution in [1.82, 2.24) is 30.0 Å². The summed E-state index contributed by atoms with van der Waals surface area (Å²) in [5.41, 5.74) is 2.85. The number of carbonyl (C=O) groups is 1. The fraction of sp³-hybridized carbons (Fsp3) is 0.190. The fourth-order valence-electron chi connectivity index (χ4n) is 2.79. The van der Waals surface area contributed by atoms with Gasteiger partial charge in [-0.3, -0.25) is 14.3 Å². The lowest BCUT2D eigenvalue weighted by Gasteiger charge is -2.09. The highest BCUT2D eigenvalue weighted by Crippen LogP contribution is 2.23. The maximum absolute atomic E-state index is 12.3. The molecular formula is C21H20N6O2S. The van der Waals surface area contributed by atoms with Gasteiger partial charge in [-0.1, -0.05) is 41.6 Å². The molecule has 0 aliphatic heterocycles. The molecular weight excluding hydrogens is 400 g/mol. The molecule has 3 heterocycles. The van der Waals surface area contributed by atoms with E-state index in [2.05, 4.69) is 25.5 Å². The van der Waals surface area contributed by atoms with Crippen LogP contribution in [0.15, 0.2) is 70.8 Å². The van der Waals surface area contributed by atoms with Crippen LogP contribution in [0, 0.1) is 6.92 Å². The molecule has 0 saturated heterocycles. The van der Waals surface area contributed by atoms with Gasteiger partial charge >= 0.3 is 0 Å². The Hall–Kier alpha value is -3.46. The first kappa shape index (κ1) is 19.8. The molecule has 4 aromatic rings. The number of hydrogen-bond donors (Lipinski definition) is 1. The largest absolute Gasteiger partial charge is 0.467 e. The minimum Gasteiger partial charge on any atom is -0.467 e. The zero-order valence-electron chi connectivity index (χ0n) is 16.4. The number of furan rings is 1. The van der Waals surface area contributed by atoms with E-state index in [4.69, 9.17) is 4.42 Å². The Morgan fingerprint density at radius 1 is 1.17 bits per heavy atom. The minimum absolute atomic E-state index is 0.0748. The molecule has 152 valence electrons.